The summed E-state index contributed by atoms with van der Waals surface area (Å²) in [6.07, 6.45) is 1.51. The van der Waals surface area contributed by atoms with Gasteiger partial charge in [0.05, 0.1) is 18.2 Å². The van der Waals surface area contributed by atoms with Crippen LogP contribution >= 0.6 is 0 Å². The number of ketones is 1. The summed E-state index contributed by atoms with van der Waals surface area (Å²) >= 11 is 0. The van der Waals surface area contributed by atoms with Gasteiger partial charge in [-0.15, -0.1) is 0 Å². The van der Waals surface area contributed by atoms with Gasteiger partial charge in [0.15, 0.2) is 5.78 Å². The maximum Gasteiger partial charge on any atom is 0.168 e. The average molecular weight is 153 g/mol. The number of rotatable bonds is 1. The highest BCUT2D eigenvalue weighted by Gasteiger charge is 2.22. The first-order valence-electron chi connectivity index (χ1n) is 3.55. The van der Waals surface area contributed by atoms with Gasteiger partial charge in [0.2, 0.25) is 0 Å². The third-order valence-electron chi connectivity index (χ3n) is 1.87. The molecule has 1 atom stereocenters. The molecular weight excluding hydrogens is 142 g/mol. The molecule has 0 saturated heterocycles. The largest absolute Gasteiger partial charge is 0.390 e. The van der Waals surface area contributed by atoms with E-state index in [0.29, 0.717) is 11.3 Å². The van der Waals surface area contributed by atoms with Crippen LogP contribution in [0.3, 0.4) is 0 Å². The van der Waals surface area contributed by atoms with Gasteiger partial charge in [-0.2, -0.15) is 0 Å². The summed E-state index contributed by atoms with van der Waals surface area (Å²) in [6.45, 7) is 3.36. The zero-order valence-electron chi connectivity index (χ0n) is 6.66. The van der Waals surface area contributed by atoms with Gasteiger partial charge in [0.25, 0.3) is 0 Å². The number of aliphatic hydroxyl groups excluding tert-OH is 1. The highest BCUT2D eigenvalue weighted by molar-refractivity contribution is 6.13. The molecule has 11 heavy (non-hydrogen) atoms. The molecule has 0 aromatic rings. The summed E-state index contributed by atoms with van der Waals surface area (Å²) < 4.78 is 0. The summed E-state index contributed by atoms with van der Waals surface area (Å²) in [7, 11) is 0. The standard InChI is InChI=1S/C8H11NO2/c1-5-3-9-7(4-10)6(2)8(5)11/h3,6,10H,4H2,1-2H3. The second kappa shape index (κ2) is 2.96. The fourth-order valence-corrected chi connectivity index (χ4v) is 1.03. The Morgan fingerprint density at radius 3 is 2.91 bits per heavy atom. The quantitative estimate of drug-likeness (QED) is 0.597. The molecule has 0 bridgehead atoms. The van der Waals surface area contributed by atoms with Crippen molar-refractivity contribution in [2.24, 2.45) is 10.9 Å². The van der Waals surface area contributed by atoms with Gasteiger partial charge in [-0.1, -0.05) is 0 Å². The van der Waals surface area contributed by atoms with Crippen molar-refractivity contribution in [1.29, 1.82) is 0 Å². The predicted molar refractivity (Wildman–Crippen MR) is 42.4 cm³/mol. The first-order valence-corrected chi connectivity index (χ1v) is 3.55. The predicted octanol–water partition coefficient (Wildman–Crippen LogP) is 0.542. The number of aliphatic hydroxyl groups is 1. The zero-order valence-corrected chi connectivity index (χ0v) is 6.66. The van der Waals surface area contributed by atoms with Gasteiger partial charge in [-0.05, 0) is 13.8 Å². The third kappa shape index (κ3) is 1.38. The first kappa shape index (κ1) is 8.14. The van der Waals surface area contributed by atoms with E-state index in [9.17, 15) is 4.79 Å². The topological polar surface area (TPSA) is 49.7 Å². The number of carbonyl (C=O) groups excluding carboxylic acids is 1. The molecule has 0 amide bonds. The summed E-state index contributed by atoms with van der Waals surface area (Å²) in [4.78, 5) is 15.2. The maximum absolute atomic E-state index is 11.2. The molecule has 0 aromatic heterocycles. The Morgan fingerprint density at radius 2 is 2.36 bits per heavy atom. The van der Waals surface area contributed by atoms with Gasteiger partial charge >= 0.3 is 0 Å². The van der Waals surface area contributed by atoms with E-state index in [1.165, 1.54) is 6.20 Å². The minimum absolute atomic E-state index is 0.0593. The molecule has 1 aliphatic rings. The Balaban J connectivity index is 2.93. The van der Waals surface area contributed by atoms with E-state index in [1.807, 2.05) is 0 Å². The minimum atomic E-state index is -0.245. The van der Waals surface area contributed by atoms with Gasteiger partial charge in [-0.3, -0.25) is 9.79 Å². The zero-order chi connectivity index (χ0) is 8.43. The van der Waals surface area contributed by atoms with Crippen LogP contribution in [0.15, 0.2) is 16.8 Å². The van der Waals surface area contributed by atoms with Crippen molar-refractivity contribution in [3.8, 4) is 0 Å². The highest BCUT2D eigenvalue weighted by Crippen LogP contribution is 2.13. The van der Waals surface area contributed by atoms with E-state index in [-0.39, 0.29) is 18.3 Å². The molecule has 1 unspecified atom stereocenters. The molecule has 0 saturated carbocycles. The molecule has 60 valence electrons. The van der Waals surface area contributed by atoms with E-state index in [0.717, 1.165) is 0 Å². The summed E-state index contributed by atoms with van der Waals surface area (Å²) in [5.41, 5.74) is 1.22. The maximum atomic E-state index is 11.2. The van der Waals surface area contributed by atoms with E-state index in [2.05, 4.69) is 4.99 Å². The minimum Gasteiger partial charge on any atom is -0.390 e. The fraction of sp³-hybridized carbons (Fsp3) is 0.500. The molecule has 1 N–H and O–H groups in total. The number of hydrogen-bond acceptors (Lipinski definition) is 3. The molecule has 0 fully saturated rings. The molecular formula is C8H11NO2. The van der Waals surface area contributed by atoms with Crippen LogP contribution in [0.4, 0.5) is 0 Å². The van der Waals surface area contributed by atoms with Gasteiger partial charge < -0.3 is 5.11 Å². The monoisotopic (exact) mass is 153 g/mol. The summed E-state index contributed by atoms with van der Waals surface area (Å²) in [5, 5.41) is 8.75. The van der Waals surface area contributed by atoms with Crippen molar-refractivity contribution in [3.63, 3.8) is 0 Å². The number of Topliss-reactive ketones (excluding diaryl/α,β-unsaturated/α-hetero) is 1. The van der Waals surface area contributed by atoms with Crippen LogP contribution in [-0.2, 0) is 4.79 Å². The van der Waals surface area contributed by atoms with E-state index in [1.54, 1.807) is 13.8 Å². The Labute approximate surface area is 65.4 Å². The number of carbonyl (C=O) groups is 1. The lowest BCUT2D eigenvalue weighted by Crippen LogP contribution is -2.27. The van der Waals surface area contributed by atoms with Crippen molar-refractivity contribution in [2.75, 3.05) is 6.61 Å². The van der Waals surface area contributed by atoms with Gasteiger partial charge in [0.1, 0.15) is 0 Å². The molecule has 0 aliphatic carbocycles. The second-order valence-electron chi connectivity index (χ2n) is 2.68. The van der Waals surface area contributed by atoms with Crippen molar-refractivity contribution in [2.45, 2.75) is 13.8 Å². The second-order valence-corrected chi connectivity index (χ2v) is 2.68. The van der Waals surface area contributed by atoms with Crippen LogP contribution in [0.2, 0.25) is 0 Å². The van der Waals surface area contributed by atoms with E-state index in [4.69, 9.17) is 5.11 Å². The Kier molecular flexibility index (Phi) is 2.19. The first-order chi connectivity index (χ1) is 5.16. The number of hydrogen-bond donors (Lipinski definition) is 1. The highest BCUT2D eigenvalue weighted by atomic mass is 16.3. The number of nitrogens with zero attached hydrogens (tertiary/aromatic N) is 1. The van der Waals surface area contributed by atoms with Crippen LogP contribution in [0.5, 0.6) is 0 Å². The SMILES string of the molecule is CC1=CN=C(CO)C(C)C1=O. The Bertz CT molecular complexity index is 240. The molecule has 0 spiro atoms. The van der Waals surface area contributed by atoms with Crippen LogP contribution in [0, 0.1) is 5.92 Å². The van der Waals surface area contributed by atoms with Crippen molar-refractivity contribution in [1.82, 2.24) is 0 Å². The van der Waals surface area contributed by atoms with Crippen molar-refractivity contribution >= 4 is 11.5 Å². The van der Waals surface area contributed by atoms with Crippen LogP contribution < -0.4 is 0 Å². The summed E-state index contributed by atoms with van der Waals surface area (Å²) in [5.74, 6) is -0.186. The molecule has 1 heterocycles. The lowest BCUT2D eigenvalue weighted by atomic mass is 9.94. The van der Waals surface area contributed by atoms with Crippen molar-refractivity contribution in [3.05, 3.63) is 11.8 Å². The van der Waals surface area contributed by atoms with E-state index >= 15 is 0 Å². The van der Waals surface area contributed by atoms with Crippen molar-refractivity contribution < 1.29 is 9.90 Å². The summed E-state index contributed by atoms with van der Waals surface area (Å²) in [6, 6.07) is 0. The molecule has 3 nitrogen and oxygen atoms in total. The van der Waals surface area contributed by atoms with Crippen LogP contribution in [-0.4, -0.2) is 23.2 Å². The lowest BCUT2D eigenvalue weighted by Gasteiger charge is -2.15. The molecule has 3 heteroatoms. The number of aliphatic imine (C=N–C) groups is 1. The fourth-order valence-electron chi connectivity index (χ4n) is 1.03. The molecule has 1 rings (SSSR count). The molecule has 0 aromatic carbocycles. The normalized spacial score (nSPS) is 24.6. The smallest absolute Gasteiger partial charge is 0.168 e. The molecule has 0 radical (unpaired) electrons. The lowest BCUT2D eigenvalue weighted by molar-refractivity contribution is -0.117. The average Bonchev–Trinajstić information content (AvgIpc) is 2.01. The number of allylic oxidation sites excluding steroid dienone is 1. The Hall–Kier alpha value is -0.960. The molecule has 1 aliphatic heterocycles. The van der Waals surface area contributed by atoms with Crippen LogP contribution in [0.25, 0.3) is 0 Å². The van der Waals surface area contributed by atoms with Crippen LogP contribution in [0.1, 0.15) is 13.8 Å². The van der Waals surface area contributed by atoms with Gasteiger partial charge in [0, 0.05) is 11.8 Å². The third-order valence-corrected chi connectivity index (χ3v) is 1.87. The Morgan fingerprint density at radius 1 is 1.73 bits per heavy atom. The van der Waals surface area contributed by atoms with E-state index < -0.39 is 0 Å². The van der Waals surface area contributed by atoms with Gasteiger partial charge in [-0.25, -0.2) is 0 Å².